The lowest BCUT2D eigenvalue weighted by Crippen LogP contribution is -1.98. The molecular formula is C31H31N7. The first-order chi connectivity index (χ1) is 18.6. The van der Waals surface area contributed by atoms with Gasteiger partial charge in [-0.15, -0.1) is 0 Å². The van der Waals surface area contributed by atoms with Crippen molar-refractivity contribution in [1.82, 2.24) is 30.1 Å². The molecule has 5 aromatic heterocycles. The molecule has 38 heavy (non-hydrogen) atoms. The lowest BCUT2D eigenvalue weighted by Gasteiger charge is -2.09. The van der Waals surface area contributed by atoms with Gasteiger partial charge in [0.25, 0.3) is 0 Å². The average molecular weight is 502 g/mol. The van der Waals surface area contributed by atoms with Crippen LogP contribution in [0.4, 0.5) is 5.69 Å². The molecule has 0 unspecified atom stereocenters. The van der Waals surface area contributed by atoms with Crippen LogP contribution in [-0.2, 0) is 0 Å². The van der Waals surface area contributed by atoms with E-state index >= 15 is 0 Å². The van der Waals surface area contributed by atoms with Crippen LogP contribution in [0.2, 0.25) is 0 Å². The van der Waals surface area contributed by atoms with E-state index in [1.165, 1.54) is 0 Å². The summed E-state index contributed by atoms with van der Waals surface area (Å²) in [5.74, 6) is 0. The zero-order chi connectivity index (χ0) is 26.5. The zero-order valence-electron chi connectivity index (χ0n) is 21.9. The minimum atomic E-state index is 0.822. The highest BCUT2D eigenvalue weighted by atomic mass is 15.1. The van der Waals surface area contributed by atoms with Gasteiger partial charge >= 0.3 is 0 Å². The third kappa shape index (κ3) is 5.18. The van der Waals surface area contributed by atoms with Gasteiger partial charge in [-0.2, -0.15) is 5.10 Å². The van der Waals surface area contributed by atoms with Crippen molar-refractivity contribution in [3.05, 3.63) is 109 Å². The van der Waals surface area contributed by atoms with E-state index in [4.69, 9.17) is 0 Å². The highest BCUT2D eigenvalue weighted by molar-refractivity contribution is 5.95. The average Bonchev–Trinajstić information content (AvgIpc) is 3.53. The molecule has 5 aromatic rings. The van der Waals surface area contributed by atoms with Crippen molar-refractivity contribution < 1.29 is 0 Å². The molecule has 7 heteroatoms. The molecule has 0 atom stereocenters. The first-order valence-electron chi connectivity index (χ1n) is 12.8. The molecule has 5 rings (SSSR count). The van der Waals surface area contributed by atoms with Gasteiger partial charge in [0, 0.05) is 45.9 Å². The van der Waals surface area contributed by atoms with Gasteiger partial charge in [0.15, 0.2) is 0 Å². The fraction of sp³-hybridized carbons (Fsp3) is 0.161. The number of aromatic amines is 2. The summed E-state index contributed by atoms with van der Waals surface area (Å²) in [5.41, 5.74) is 10.3. The van der Waals surface area contributed by atoms with Crippen molar-refractivity contribution in [3.63, 3.8) is 0 Å². The van der Waals surface area contributed by atoms with Gasteiger partial charge in [-0.3, -0.25) is 20.1 Å². The van der Waals surface area contributed by atoms with Crippen LogP contribution >= 0.6 is 0 Å². The maximum atomic E-state index is 4.67. The highest BCUT2D eigenvalue weighted by Gasteiger charge is 2.17. The Morgan fingerprint density at radius 3 is 2.79 bits per heavy atom. The van der Waals surface area contributed by atoms with Gasteiger partial charge in [0.2, 0.25) is 0 Å². The van der Waals surface area contributed by atoms with Crippen LogP contribution in [0.5, 0.6) is 0 Å². The highest BCUT2D eigenvalue weighted by Crippen LogP contribution is 2.33. The Kier molecular flexibility index (Phi) is 7.26. The van der Waals surface area contributed by atoms with E-state index in [1.54, 1.807) is 6.20 Å². The Morgan fingerprint density at radius 2 is 2.00 bits per heavy atom. The van der Waals surface area contributed by atoms with E-state index in [0.717, 1.165) is 80.3 Å². The number of anilines is 1. The standard InChI is InChI=1S/C31H31N7/c1-5-7-11-24(27-12-8-9-13-33-27)25-15-29(36-21(25)4)31-26-16-28(34-19-30(26)37-38-31)22-14-23(18-32-17-22)35-20(3)10-6-2/h5,7-9,11-19,35-36H,3,6,10H2,1-2,4H3,(H,37,38)/b7-5-,24-11+. The zero-order valence-corrected chi connectivity index (χ0v) is 21.9. The summed E-state index contributed by atoms with van der Waals surface area (Å²) in [4.78, 5) is 17.2. The van der Waals surface area contributed by atoms with Crippen molar-refractivity contribution in [2.75, 3.05) is 5.32 Å². The lowest BCUT2D eigenvalue weighted by atomic mass is 10.0. The topological polar surface area (TPSA) is 95.2 Å². The van der Waals surface area contributed by atoms with E-state index in [2.05, 4.69) is 74.1 Å². The van der Waals surface area contributed by atoms with Crippen LogP contribution in [0.1, 0.15) is 43.6 Å². The van der Waals surface area contributed by atoms with E-state index in [9.17, 15) is 0 Å². The van der Waals surface area contributed by atoms with Crippen LogP contribution in [0.15, 0.2) is 91.7 Å². The van der Waals surface area contributed by atoms with Crippen LogP contribution in [0.3, 0.4) is 0 Å². The first-order valence-corrected chi connectivity index (χ1v) is 12.8. The number of rotatable bonds is 9. The minimum Gasteiger partial charge on any atom is -0.358 e. The minimum absolute atomic E-state index is 0.822. The van der Waals surface area contributed by atoms with Crippen molar-refractivity contribution in [2.45, 2.75) is 33.6 Å². The molecule has 0 saturated carbocycles. The smallest absolute Gasteiger partial charge is 0.116 e. The third-order valence-electron chi connectivity index (χ3n) is 6.31. The Hall–Kier alpha value is -4.78. The summed E-state index contributed by atoms with van der Waals surface area (Å²) in [5, 5.41) is 12.1. The number of hydrogen-bond acceptors (Lipinski definition) is 5. The largest absolute Gasteiger partial charge is 0.358 e. The number of hydrogen-bond donors (Lipinski definition) is 3. The Morgan fingerprint density at radius 1 is 1.11 bits per heavy atom. The molecule has 0 spiro atoms. The van der Waals surface area contributed by atoms with Crippen LogP contribution in [0, 0.1) is 6.92 Å². The number of aryl methyl sites for hydroxylation is 1. The van der Waals surface area contributed by atoms with Gasteiger partial charge in [-0.1, -0.05) is 44.2 Å². The quantitative estimate of drug-likeness (QED) is 0.182. The molecule has 5 heterocycles. The molecule has 190 valence electrons. The molecule has 0 saturated heterocycles. The van der Waals surface area contributed by atoms with E-state index in [0.29, 0.717) is 0 Å². The lowest BCUT2D eigenvalue weighted by molar-refractivity contribution is 0.913. The summed E-state index contributed by atoms with van der Waals surface area (Å²) < 4.78 is 0. The summed E-state index contributed by atoms with van der Waals surface area (Å²) in [6, 6.07) is 12.2. The molecule has 0 fully saturated rings. The fourth-order valence-corrected chi connectivity index (χ4v) is 4.49. The number of pyridine rings is 3. The number of allylic oxidation sites excluding steroid dienone is 4. The monoisotopic (exact) mass is 501 g/mol. The maximum Gasteiger partial charge on any atom is 0.116 e. The third-order valence-corrected chi connectivity index (χ3v) is 6.31. The predicted octanol–water partition coefficient (Wildman–Crippen LogP) is 7.45. The molecule has 7 nitrogen and oxygen atoms in total. The number of nitrogens with one attached hydrogen (secondary N) is 3. The predicted molar refractivity (Wildman–Crippen MR) is 155 cm³/mol. The Labute approximate surface area is 222 Å². The Bertz CT molecular complexity index is 1640. The molecule has 0 bridgehead atoms. The van der Waals surface area contributed by atoms with Gasteiger partial charge in [0.05, 0.1) is 40.7 Å². The number of aromatic nitrogens is 6. The SMILES string of the molecule is C=C(CCC)Nc1cncc(-c2cc3c(-c4cc(/C(=C\C=C/C)c5ccccn5)c(C)[nH]4)n[nH]c3cn2)c1. The normalized spacial score (nSPS) is 11.9. The molecular weight excluding hydrogens is 470 g/mol. The second kappa shape index (κ2) is 11.1. The van der Waals surface area contributed by atoms with Crippen molar-refractivity contribution in [2.24, 2.45) is 0 Å². The summed E-state index contributed by atoms with van der Waals surface area (Å²) in [6.45, 7) is 10.3. The van der Waals surface area contributed by atoms with Crippen LogP contribution in [-0.4, -0.2) is 30.1 Å². The fourth-order valence-electron chi connectivity index (χ4n) is 4.49. The molecule has 0 amide bonds. The number of nitrogens with zero attached hydrogens (tertiary/aromatic N) is 4. The second-order valence-electron chi connectivity index (χ2n) is 9.17. The maximum absolute atomic E-state index is 4.67. The summed E-state index contributed by atoms with van der Waals surface area (Å²) >= 11 is 0. The number of fused-ring (bicyclic) bond motifs is 1. The summed E-state index contributed by atoms with van der Waals surface area (Å²) in [6.07, 6.45) is 15.4. The molecule has 0 aliphatic carbocycles. The molecule has 0 radical (unpaired) electrons. The molecule has 3 N–H and O–H groups in total. The Balaban J connectivity index is 1.53. The van der Waals surface area contributed by atoms with E-state index < -0.39 is 0 Å². The van der Waals surface area contributed by atoms with Gasteiger partial charge in [0.1, 0.15) is 5.69 Å². The molecule has 0 aromatic carbocycles. The van der Waals surface area contributed by atoms with Gasteiger partial charge in [-0.05, 0) is 50.6 Å². The van der Waals surface area contributed by atoms with Crippen molar-refractivity contribution in [1.29, 1.82) is 0 Å². The van der Waals surface area contributed by atoms with Gasteiger partial charge < -0.3 is 10.3 Å². The summed E-state index contributed by atoms with van der Waals surface area (Å²) in [7, 11) is 0. The molecule has 0 aliphatic heterocycles. The second-order valence-corrected chi connectivity index (χ2v) is 9.17. The van der Waals surface area contributed by atoms with Crippen molar-refractivity contribution >= 4 is 22.2 Å². The van der Waals surface area contributed by atoms with E-state index in [1.807, 2.05) is 61.9 Å². The van der Waals surface area contributed by atoms with E-state index in [-0.39, 0.29) is 0 Å². The van der Waals surface area contributed by atoms with Gasteiger partial charge in [-0.25, -0.2) is 0 Å². The van der Waals surface area contributed by atoms with Crippen LogP contribution < -0.4 is 5.32 Å². The van der Waals surface area contributed by atoms with Crippen LogP contribution in [0.25, 0.3) is 39.1 Å². The van der Waals surface area contributed by atoms with Crippen molar-refractivity contribution in [3.8, 4) is 22.6 Å². The first kappa shape index (κ1) is 24.9. The molecule has 0 aliphatic rings. The number of H-pyrrole nitrogens is 2.